The van der Waals surface area contributed by atoms with E-state index in [9.17, 15) is 0 Å². The number of rotatable bonds is 3. The number of imidazole rings is 1. The Bertz CT molecular complexity index is 1140. The molecule has 0 bridgehead atoms. The van der Waals surface area contributed by atoms with E-state index in [1.54, 1.807) is 0 Å². The normalized spacial score (nSPS) is 11.9. The summed E-state index contributed by atoms with van der Waals surface area (Å²) in [6, 6.07) is 16.5. The predicted molar refractivity (Wildman–Crippen MR) is 121 cm³/mol. The summed E-state index contributed by atoms with van der Waals surface area (Å²) in [5.74, 6) is 0.862. The smallest absolute Gasteiger partial charge is 0.138 e. The minimum atomic E-state index is 0.109. The van der Waals surface area contributed by atoms with Crippen molar-refractivity contribution in [2.75, 3.05) is 0 Å². The average molecular weight is 455 g/mol. The number of alkyl halides is 1. The monoisotopic (exact) mass is 453 g/mol. The van der Waals surface area contributed by atoms with E-state index in [-0.39, 0.29) is 5.41 Å². The SMILES string of the molecule is CC(C)(C)c1ccc2nc(-c3ccc(-c4ncc(CBr)cc4Cl)cc3)[nH]c2c1. The molecule has 0 saturated heterocycles. The molecule has 0 fully saturated rings. The van der Waals surface area contributed by atoms with E-state index in [0.29, 0.717) is 5.02 Å². The molecule has 2 aromatic carbocycles. The van der Waals surface area contributed by atoms with Crippen molar-refractivity contribution >= 4 is 38.6 Å². The van der Waals surface area contributed by atoms with Gasteiger partial charge in [-0.1, -0.05) is 78.6 Å². The van der Waals surface area contributed by atoms with Gasteiger partial charge in [-0.15, -0.1) is 0 Å². The van der Waals surface area contributed by atoms with Crippen molar-refractivity contribution in [3.8, 4) is 22.6 Å². The Morgan fingerprint density at radius 1 is 1.00 bits per heavy atom. The van der Waals surface area contributed by atoms with E-state index in [4.69, 9.17) is 16.6 Å². The van der Waals surface area contributed by atoms with Crippen LogP contribution in [0.3, 0.4) is 0 Å². The van der Waals surface area contributed by atoms with E-state index < -0.39 is 0 Å². The van der Waals surface area contributed by atoms with Crippen molar-refractivity contribution in [1.29, 1.82) is 0 Å². The van der Waals surface area contributed by atoms with Crippen LogP contribution >= 0.6 is 27.5 Å². The van der Waals surface area contributed by atoms with Crippen LogP contribution in [-0.2, 0) is 10.7 Å². The second-order valence-electron chi connectivity index (χ2n) is 7.95. The molecule has 0 aliphatic carbocycles. The van der Waals surface area contributed by atoms with Gasteiger partial charge >= 0.3 is 0 Å². The number of H-pyrrole nitrogens is 1. The number of nitrogens with one attached hydrogen (secondary N) is 1. The number of pyridine rings is 1. The Balaban J connectivity index is 1.67. The van der Waals surface area contributed by atoms with Crippen molar-refractivity contribution in [2.45, 2.75) is 31.5 Å². The highest BCUT2D eigenvalue weighted by Crippen LogP contribution is 2.30. The third kappa shape index (κ3) is 3.71. The lowest BCUT2D eigenvalue weighted by atomic mass is 9.87. The number of aromatic amines is 1. The molecule has 142 valence electrons. The highest BCUT2D eigenvalue weighted by molar-refractivity contribution is 9.08. The molecule has 28 heavy (non-hydrogen) atoms. The molecule has 0 atom stereocenters. The van der Waals surface area contributed by atoms with Crippen LogP contribution in [-0.4, -0.2) is 15.0 Å². The summed E-state index contributed by atoms with van der Waals surface area (Å²) in [6.45, 7) is 6.65. The van der Waals surface area contributed by atoms with Crippen molar-refractivity contribution in [2.24, 2.45) is 0 Å². The van der Waals surface area contributed by atoms with Gasteiger partial charge in [-0.05, 0) is 34.7 Å². The molecule has 1 N–H and O–H groups in total. The van der Waals surface area contributed by atoms with Crippen molar-refractivity contribution in [3.05, 3.63) is 70.9 Å². The van der Waals surface area contributed by atoms with Gasteiger partial charge < -0.3 is 4.98 Å². The van der Waals surface area contributed by atoms with Gasteiger partial charge in [-0.25, -0.2) is 4.98 Å². The largest absolute Gasteiger partial charge is 0.338 e. The molecular weight excluding hydrogens is 434 g/mol. The van der Waals surface area contributed by atoms with Crippen molar-refractivity contribution in [3.63, 3.8) is 0 Å². The zero-order valence-corrected chi connectivity index (χ0v) is 18.4. The summed E-state index contributed by atoms with van der Waals surface area (Å²) in [7, 11) is 0. The first-order valence-electron chi connectivity index (χ1n) is 9.16. The molecule has 0 aliphatic rings. The van der Waals surface area contributed by atoms with Crippen LogP contribution in [0, 0.1) is 0 Å². The second-order valence-corrected chi connectivity index (χ2v) is 8.92. The fourth-order valence-electron chi connectivity index (χ4n) is 3.16. The molecule has 2 aromatic heterocycles. The maximum absolute atomic E-state index is 6.40. The summed E-state index contributed by atoms with van der Waals surface area (Å²) in [5, 5.41) is 1.39. The molecule has 0 aliphatic heterocycles. The van der Waals surface area contributed by atoms with E-state index in [1.165, 1.54) is 5.56 Å². The van der Waals surface area contributed by atoms with Crippen LogP contribution in [0.2, 0.25) is 5.02 Å². The minimum Gasteiger partial charge on any atom is -0.338 e. The van der Waals surface area contributed by atoms with Crippen molar-refractivity contribution < 1.29 is 0 Å². The summed E-state index contributed by atoms with van der Waals surface area (Å²) >= 11 is 9.83. The number of hydrogen-bond donors (Lipinski definition) is 1. The van der Waals surface area contributed by atoms with Gasteiger partial charge in [0.1, 0.15) is 5.82 Å². The van der Waals surface area contributed by atoms with Gasteiger partial charge in [0, 0.05) is 22.7 Å². The van der Waals surface area contributed by atoms with Crippen LogP contribution in [0.4, 0.5) is 0 Å². The molecule has 2 heterocycles. The lowest BCUT2D eigenvalue weighted by Gasteiger charge is -2.18. The lowest BCUT2D eigenvalue weighted by Crippen LogP contribution is -2.10. The molecule has 0 unspecified atom stereocenters. The Hall–Kier alpha value is -2.17. The molecular formula is C23H21BrClN3. The summed E-state index contributed by atoms with van der Waals surface area (Å²) < 4.78 is 0. The Labute approximate surface area is 178 Å². The molecule has 3 nitrogen and oxygen atoms in total. The highest BCUT2D eigenvalue weighted by Gasteiger charge is 2.15. The third-order valence-corrected chi connectivity index (χ3v) is 5.77. The van der Waals surface area contributed by atoms with E-state index >= 15 is 0 Å². The molecule has 0 radical (unpaired) electrons. The summed E-state index contributed by atoms with van der Waals surface area (Å²) in [4.78, 5) is 12.7. The van der Waals surface area contributed by atoms with E-state index in [1.807, 2.05) is 36.5 Å². The fraction of sp³-hybridized carbons (Fsp3) is 0.217. The second kappa shape index (κ2) is 7.34. The van der Waals surface area contributed by atoms with Crippen LogP contribution in [0.1, 0.15) is 31.9 Å². The zero-order valence-electron chi connectivity index (χ0n) is 16.1. The number of halogens is 2. The third-order valence-electron chi connectivity index (χ3n) is 4.83. The van der Waals surface area contributed by atoms with Gasteiger partial charge in [0.25, 0.3) is 0 Å². The topological polar surface area (TPSA) is 41.6 Å². The van der Waals surface area contributed by atoms with Gasteiger partial charge in [-0.3, -0.25) is 4.98 Å². The zero-order chi connectivity index (χ0) is 19.9. The average Bonchev–Trinajstić information content (AvgIpc) is 3.10. The van der Waals surface area contributed by atoms with Crippen LogP contribution in [0.25, 0.3) is 33.7 Å². The van der Waals surface area contributed by atoms with E-state index in [0.717, 1.165) is 44.6 Å². The van der Waals surface area contributed by atoms with E-state index in [2.05, 4.69) is 64.9 Å². The van der Waals surface area contributed by atoms with Gasteiger partial charge in [0.05, 0.1) is 21.7 Å². The van der Waals surface area contributed by atoms with Crippen LogP contribution in [0.15, 0.2) is 54.7 Å². The minimum absolute atomic E-state index is 0.109. The first kappa shape index (κ1) is 19.2. The maximum Gasteiger partial charge on any atom is 0.138 e. The quantitative estimate of drug-likeness (QED) is 0.334. The first-order chi connectivity index (χ1) is 13.3. The summed E-state index contributed by atoms with van der Waals surface area (Å²) in [5.41, 5.74) is 7.30. The highest BCUT2D eigenvalue weighted by atomic mass is 79.9. The fourth-order valence-corrected chi connectivity index (χ4v) is 3.77. The molecule has 0 amide bonds. The molecule has 5 heteroatoms. The lowest BCUT2D eigenvalue weighted by molar-refractivity contribution is 0.591. The van der Waals surface area contributed by atoms with Gasteiger partial charge in [-0.2, -0.15) is 0 Å². The van der Waals surface area contributed by atoms with Crippen LogP contribution in [0.5, 0.6) is 0 Å². The maximum atomic E-state index is 6.40. The molecule has 0 saturated carbocycles. The Morgan fingerprint density at radius 2 is 1.71 bits per heavy atom. The number of fused-ring (bicyclic) bond motifs is 1. The molecule has 4 aromatic rings. The number of nitrogens with zero attached hydrogens (tertiary/aromatic N) is 2. The Kier molecular flexibility index (Phi) is 5.02. The molecule has 0 spiro atoms. The Morgan fingerprint density at radius 3 is 2.36 bits per heavy atom. The number of aromatic nitrogens is 3. The first-order valence-corrected chi connectivity index (χ1v) is 10.7. The van der Waals surface area contributed by atoms with Gasteiger partial charge in [0.2, 0.25) is 0 Å². The predicted octanol–water partition coefficient (Wildman–Crippen LogP) is 7.14. The van der Waals surface area contributed by atoms with Crippen LogP contribution < -0.4 is 0 Å². The summed E-state index contributed by atoms with van der Waals surface area (Å²) in [6.07, 6.45) is 1.84. The standard InChI is InChI=1S/C23H21BrClN3/c1-23(2,3)17-8-9-19-20(11-17)28-22(27-19)16-6-4-15(5-7-16)21-18(25)10-14(12-24)13-26-21/h4-11,13H,12H2,1-3H3,(H,27,28). The molecule has 4 rings (SSSR count). The number of benzene rings is 2. The van der Waals surface area contributed by atoms with Gasteiger partial charge in [0.15, 0.2) is 0 Å². The number of hydrogen-bond acceptors (Lipinski definition) is 2. The van der Waals surface area contributed by atoms with Crippen molar-refractivity contribution in [1.82, 2.24) is 15.0 Å².